The Hall–Kier alpha value is -0.520. The molecule has 0 radical (unpaired) electrons. The van der Waals surface area contributed by atoms with Crippen LogP contribution in [0, 0.1) is 0 Å². The van der Waals surface area contributed by atoms with Gasteiger partial charge in [-0.25, -0.2) is 0 Å². The van der Waals surface area contributed by atoms with Crippen molar-refractivity contribution in [2.24, 2.45) is 0 Å². The Kier molecular flexibility index (Phi) is 6.58. The fourth-order valence-corrected chi connectivity index (χ4v) is 3.15. The second kappa shape index (κ2) is 8.20. The Morgan fingerprint density at radius 3 is 2.48 bits per heavy atom. The molecule has 1 fully saturated rings. The third-order valence-electron chi connectivity index (χ3n) is 4.01. The van der Waals surface area contributed by atoms with Gasteiger partial charge in [0.25, 0.3) is 0 Å². The van der Waals surface area contributed by atoms with E-state index >= 15 is 0 Å². The van der Waals surface area contributed by atoms with Crippen LogP contribution in [-0.4, -0.2) is 57.1 Å². The summed E-state index contributed by atoms with van der Waals surface area (Å²) < 4.78 is 5.58. The molecule has 1 aromatic rings. The van der Waals surface area contributed by atoms with E-state index in [1.54, 1.807) is 23.1 Å². The van der Waals surface area contributed by atoms with E-state index in [4.69, 9.17) is 27.9 Å². The third-order valence-corrected chi connectivity index (χ3v) is 4.54. The van der Waals surface area contributed by atoms with Crippen LogP contribution in [0.3, 0.4) is 0 Å². The van der Waals surface area contributed by atoms with Crippen molar-refractivity contribution < 1.29 is 19.6 Å². The van der Waals surface area contributed by atoms with Crippen LogP contribution in [0.25, 0.3) is 0 Å². The average Bonchev–Trinajstić information content (AvgIpc) is 2.47. The summed E-state index contributed by atoms with van der Waals surface area (Å²) in [5.74, 6) is 0.565. The second-order valence-corrected chi connectivity index (χ2v) is 6.44. The molecule has 6 heteroatoms. The predicted molar refractivity (Wildman–Crippen MR) is 84.8 cm³/mol. The first-order valence-electron chi connectivity index (χ1n) is 7.51. The van der Waals surface area contributed by atoms with E-state index in [0.29, 0.717) is 15.8 Å². The number of hydrogen-bond acceptors (Lipinski definition) is 2. The highest BCUT2D eigenvalue weighted by molar-refractivity contribution is 6.35. The molecular formula is C15H24Cl2N2O2+2. The fourth-order valence-electron chi connectivity index (χ4n) is 2.69. The van der Waals surface area contributed by atoms with Crippen LogP contribution in [0.15, 0.2) is 18.2 Å². The molecule has 0 unspecified atom stereocenters. The van der Waals surface area contributed by atoms with Crippen molar-refractivity contribution in [1.82, 2.24) is 0 Å². The Labute approximate surface area is 136 Å². The van der Waals surface area contributed by atoms with Gasteiger partial charge in [-0.3, -0.25) is 0 Å². The number of aliphatic hydroxyl groups excluding tert-OH is 1. The minimum Gasteiger partial charge on any atom is -0.489 e. The van der Waals surface area contributed by atoms with Crippen molar-refractivity contribution in [3.05, 3.63) is 28.2 Å². The van der Waals surface area contributed by atoms with E-state index in [0.717, 1.165) is 19.6 Å². The molecule has 1 heterocycles. The molecule has 1 aliphatic rings. The average molecular weight is 335 g/mol. The van der Waals surface area contributed by atoms with Gasteiger partial charge in [-0.2, -0.15) is 0 Å². The molecule has 21 heavy (non-hydrogen) atoms. The molecule has 4 nitrogen and oxygen atoms in total. The molecule has 1 aromatic carbocycles. The van der Waals surface area contributed by atoms with Gasteiger partial charge in [-0.1, -0.05) is 23.2 Å². The molecule has 0 bridgehead atoms. The van der Waals surface area contributed by atoms with Crippen molar-refractivity contribution in [1.29, 1.82) is 0 Å². The van der Waals surface area contributed by atoms with Crippen LogP contribution in [0.5, 0.6) is 5.75 Å². The van der Waals surface area contributed by atoms with Gasteiger partial charge in [0.2, 0.25) is 0 Å². The number of rotatable bonds is 6. The summed E-state index contributed by atoms with van der Waals surface area (Å²) in [7, 11) is 0. The summed E-state index contributed by atoms with van der Waals surface area (Å²) in [4.78, 5) is 3.10. The zero-order valence-corrected chi connectivity index (χ0v) is 13.9. The van der Waals surface area contributed by atoms with Crippen molar-refractivity contribution >= 4 is 23.2 Å². The van der Waals surface area contributed by atoms with Crippen molar-refractivity contribution in [2.75, 3.05) is 45.9 Å². The first-order valence-corrected chi connectivity index (χ1v) is 8.27. The molecule has 3 N–H and O–H groups in total. The highest BCUT2D eigenvalue weighted by Gasteiger charge is 2.24. The first kappa shape index (κ1) is 16.8. The van der Waals surface area contributed by atoms with Gasteiger partial charge < -0.3 is 19.6 Å². The predicted octanol–water partition coefficient (Wildman–Crippen LogP) is -0.464. The Balaban J connectivity index is 1.73. The van der Waals surface area contributed by atoms with E-state index < -0.39 is 6.10 Å². The number of nitrogens with one attached hydrogen (secondary N) is 2. The summed E-state index contributed by atoms with van der Waals surface area (Å²) in [6.07, 6.45) is -0.477. The standard InChI is InChI=1S/C15H22Cl2N2O2/c1-2-18-5-7-19(8-6-18)10-13(20)11-21-15-4-3-12(16)9-14(15)17/h3-4,9,13,20H,2,5-8,10-11H2,1H3/p+2/t13-/m0/s1. The molecule has 118 valence electrons. The van der Waals surface area contributed by atoms with E-state index in [9.17, 15) is 5.11 Å². The maximum Gasteiger partial charge on any atom is 0.138 e. The SMILES string of the molecule is CC[NH+]1CC[NH+](C[C@H](O)COc2ccc(Cl)cc2Cl)CC1. The number of ether oxygens (including phenoxy) is 1. The van der Waals surface area contributed by atoms with Gasteiger partial charge in [0, 0.05) is 5.02 Å². The quantitative estimate of drug-likeness (QED) is 0.658. The summed E-state index contributed by atoms with van der Waals surface area (Å²) in [6.45, 7) is 8.99. The van der Waals surface area contributed by atoms with Crippen molar-refractivity contribution in [3.8, 4) is 5.75 Å². The normalized spacial score (nSPS) is 23.8. The van der Waals surface area contributed by atoms with E-state index in [1.165, 1.54) is 24.5 Å². The molecule has 1 saturated heterocycles. The van der Waals surface area contributed by atoms with Gasteiger partial charge in [-0.15, -0.1) is 0 Å². The summed E-state index contributed by atoms with van der Waals surface area (Å²) in [5, 5.41) is 11.2. The molecule has 0 saturated carbocycles. The molecule has 0 aromatic heterocycles. The largest absolute Gasteiger partial charge is 0.489 e. The fraction of sp³-hybridized carbons (Fsp3) is 0.600. The molecule has 0 amide bonds. The third kappa shape index (κ3) is 5.31. The lowest BCUT2D eigenvalue weighted by Gasteiger charge is -2.30. The minimum absolute atomic E-state index is 0.259. The number of piperazine rings is 1. The van der Waals surface area contributed by atoms with Crippen LogP contribution < -0.4 is 14.5 Å². The molecule has 0 spiro atoms. The first-order chi connectivity index (χ1) is 10.1. The lowest BCUT2D eigenvalue weighted by Crippen LogP contribution is -3.28. The molecule has 2 rings (SSSR count). The summed E-state index contributed by atoms with van der Waals surface area (Å²) in [5.41, 5.74) is 0. The smallest absolute Gasteiger partial charge is 0.138 e. The van der Waals surface area contributed by atoms with Gasteiger partial charge in [0.05, 0.1) is 11.6 Å². The van der Waals surface area contributed by atoms with Gasteiger partial charge >= 0.3 is 0 Å². The van der Waals surface area contributed by atoms with Crippen LogP contribution in [0.4, 0.5) is 0 Å². The highest BCUT2D eigenvalue weighted by atomic mass is 35.5. The van der Waals surface area contributed by atoms with Gasteiger partial charge in [-0.05, 0) is 25.1 Å². The number of benzene rings is 1. The Morgan fingerprint density at radius 1 is 1.19 bits per heavy atom. The number of quaternary nitrogens is 2. The topological polar surface area (TPSA) is 38.3 Å². The number of hydrogen-bond donors (Lipinski definition) is 3. The lowest BCUT2D eigenvalue weighted by atomic mass is 10.2. The maximum atomic E-state index is 10.1. The van der Waals surface area contributed by atoms with Crippen molar-refractivity contribution in [2.45, 2.75) is 13.0 Å². The van der Waals surface area contributed by atoms with Crippen LogP contribution in [0.1, 0.15) is 6.92 Å². The monoisotopic (exact) mass is 334 g/mol. The number of halogens is 2. The lowest BCUT2D eigenvalue weighted by molar-refractivity contribution is -1.01. The second-order valence-electron chi connectivity index (χ2n) is 5.60. The number of aliphatic hydroxyl groups is 1. The van der Waals surface area contributed by atoms with Gasteiger partial charge in [0.1, 0.15) is 51.2 Å². The van der Waals surface area contributed by atoms with E-state index in [1.807, 2.05) is 0 Å². The zero-order chi connectivity index (χ0) is 15.2. The van der Waals surface area contributed by atoms with E-state index in [2.05, 4.69) is 6.92 Å². The maximum absolute atomic E-state index is 10.1. The summed E-state index contributed by atoms with van der Waals surface area (Å²) in [6, 6.07) is 5.10. The zero-order valence-electron chi connectivity index (χ0n) is 12.4. The molecule has 1 atom stereocenters. The number of likely N-dealkylation sites (N-methyl/N-ethyl adjacent to an activating group) is 1. The molecular weight excluding hydrogens is 311 g/mol. The Bertz CT molecular complexity index is 451. The minimum atomic E-state index is -0.477. The van der Waals surface area contributed by atoms with Gasteiger partial charge in [0.15, 0.2) is 0 Å². The van der Waals surface area contributed by atoms with Crippen LogP contribution in [0.2, 0.25) is 10.0 Å². The molecule has 0 aliphatic carbocycles. The Morgan fingerprint density at radius 2 is 1.86 bits per heavy atom. The summed E-state index contributed by atoms with van der Waals surface area (Å²) >= 11 is 11.9. The van der Waals surface area contributed by atoms with E-state index in [-0.39, 0.29) is 6.61 Å². The highest BCUT2D eigenvalue weighted by Crippen LogP contribution is 2.27. The van der Waals surface area contributed by atoms with Crippen molar-refractivity contribution in [3.63, 3.8) is 0 Å². The van der Waals surface area contributed by atoms with Crippen LogP contribution in [-0.2, 0) is 0 Å². The van der Waals surface area contributed by atoms with Crippen LogP contribution >= 0.6 is 23.2 Å². The molecule has 1 aliphatic heterocycles.